The lowest BCUT2D eigenvalue weighted by molar-refractivity contribution is -0.137. The van der Waals surface area contributed by atoms with Crippen molar-refractivity contribution < 1.29 is 17.7 Å². The summed E-state index contributed by atoms with van der Waals surface area (Å²) in [6.45, 7) is 0.174. The lowest BCUT2D eigenvalue weighted by Gasteiger charge is -2.10. The van der Waals surface area contributed by atoms with Gasteiger partial charge in [-0.25, -0.2) is 4.98 Å². The number of halogens is 3. The standard InChI is InChI=1S/C10H9F3N4O/c11-10(12,13)6-3-8(14)17-9(4-6)15-5-7-1-2-16-18-7/h1-4H,5H2,(H3,14,15,17). The number of anilines is 2. The van der Waals surface area contributed by atoms with Crippen LogP contribution < -0.4 is 11.1 Å². The fourth-order valence-corrected chi connectivity index (χ4v) is 1.32. The summed E-state index contributed by atoms with van der Waals surface area (Å²) in [5, 5.41) is 6.14. The summed E-state index contributed by atoms with van der Waals surface area (Å²) in [5.41, 5.74) is 4.47. The van der Waals surface area contributed by atoms with Crippen LogP contribution in [0.25, 0.3) is 0 Å². The minimum absolute atomic E-state index is 0.0266. The first-order valence-electron chi connectivity index (χ1n) is 4.93. The number of nitrogens with two attached hydrogens (primary N) is 1. The van der Waals surface area contributed by atoms with E-state index in [1.54, 1.807) is 6.07 Å². The van der Waals surface area contributed by atoms with Crippen molar-refractivity contribution in [2.24, 2.45) is 0 Å². The van der Waals surface area contributed by atoms with Gasteiger partial charge >= 0.3 is 6.18 Å². The lowest BCUT2D eigenvalue weighted by Crippen LogP contribution is -2.09. The van der Waals surface area contributed by atoms with E-state index in [0.29, 0.717) is 5.76 Å². The Kier molecular flexibility index (Phi) is 3.09. The number of alkyl halides is 3. The Morgan fingerprint density at radius 1 is 1.33 bits per heavy atom. The van der Waals surface area contributed by atoms with E-state index in [2.05, 4.69) is 15.5 Å². The van der Waals surface area contributed by atoms with Gasteiger partial charge < -0.3 is 15.6 Å². The Bertz CT molecular complexity index is 524. The molecule has 96 valence electrons. The monoisotopic (exact) mass is 258 g/mol. The van der Waals surface area contributed by atoms with Gasteiger partial charge in [0.25, 0.3) is 0 Å². The number of pyridine rings is 1. The molecule has 0 aliphatic rings. The highest BCUT2D eigenvalue weighted by molar-refractivity contribution is 5.47. The summed E-state index contributed by atoms with van der Waals surface area (Å²) in [6.07, 6.45) is -3.02. The maximum absolute atomic E-state index is 12.5. The molecule has 0 radical (unpaired) electrons. The number of aromatic nitrogens is 2. The summed E-state index contributed by atoms with van der Waals surface area (Å²) >= 11 is 0. The van der Waals surface area contributed by atoms with E-state index in [1.165, 1.54) is 6.20 Å². The molecule has 2 heterocycles. The van der Waals surface area contributed by atoms with E-state index in [-0.39, 0.29) is 18.2 Å². The van der Waals surface area contributed by atoms with Crippen molar-refractivity contribution in [3.05, 3.63) is 35.7 Å². The van der Waals surface area contributed by atoms with Crippen molar-refractivity contribution in [2.75, 3.05) is 11.1 Å². The number of hydrogen-bond acceptors (Lipinski definition) is 5. The average molecular weight is 258 g/mol. The number of nitrogen functional groups attached to an aromatic ring is 1. The molecule has 0 aliphatic heterocycles. The lowest BCUT2D eigenvalue weighted by atomic mass is 10.2. The van der Waals surface area contributed by atoms with Gasteiger partial charge in [-0.05, 0) is 12.1 Å². The molecule has 0 spiro atoms. The number of nitrogens with one attached hydrogen (secondary N) is 1. The van der Waals surface area contributed by atoms with Crippen LogP contribution in [-0.4, -0.2) is 10.1 Å². The minimum atomic E-state index is -4.46. The molecule has 0 bridgehead atoms. The molecule has 0 amide bonds. The van der Waals surface area contributed by atoms with Crippen LogP contribution in [0, 0.1) is 0 Å². The Labute approximate surface area is 99.8 Å². The largest absolute Gasteiger partial charge is 0.416 e. The molecule has 8 heteroatoms. The highest BCUT2D eigenvalue weighted by atomic mass is 19.4. The van der Waals surface area contributed by atoms with Crippen molar-refractivity contribution in [3.8, 4) is 0 Å². The van der Waals surface area contributed by atoms with Crippen LogP contribution >= 0.6 is 0 Å². The van der Waals surface area contributed by atoms with E-state index in [0.717, 1.165) is 12.1 Å². The first-order valence-corrected chi connectivity index (χ1v) is 4.93. The molecule has 0 saturated carbocycles. The highest BCUT2D eigenvalue weighted by Crippen LogP contribution is 2.31. The van der Waals surface area contributed by atoms with Gasteiger partial charge in [-0.2, -0.15) is 13.2 Å². The van der Waals surface area contributed by atoms with Crippen molar-refractivity contribution in [1.29, 1.82) is 0 Å². The molecular formula is C10H9F3N4O. The zero-order chi connectivity index (χ0) is 13.2. The van der Waals surface area contributed by atoms with Gasteiger partial charge in [0.2, 0.25) is 0 Å². The first kappa shape index (κ1) is 12.2. The smallest absolute Gasteiger partial charge is 0.384 e. The fraction of sp³-hybridized carbons (Fsp3) is 0.200. The molecule has 0 saturated heterocycles. The Morgan fingerprint density at radius 3 is 2.72 bits per heavy atom. The molecule has 18 heavy (non-hydrogen) atoms. The summed E-state index contributed by atoms with van der Waals surface area (Å²) < 4.78 is 42.4. The van der Waals surface area contributed by atoms with Crippen molar-refractivity contribution in [2.45, 2.75) is 12.7 Å². The summed E-state index contributed by atoms with van der Waals surface area (Å²) in [6, 6.07) is 3.25. The molecule has 0 fully saturated rings. The van der Waals surface area contributed by atoms with Crippen LogP contribution in [-0.2, 0) is 12.7 Å². The van der Waals surface area contributed by atoms with Gasteiger partial charge in [-0.15, -0.1) is 0 Å². The third-order valence-electron chi connectivity index (χ3n) is 2.11. The summed E-state index contributed by atoms with van der Waals surface area (Å²) in [7, 11) is 0. The molecule has 2 rings (SSSR count). The SMILES string of the molecule is Nc1cc(C(F)(F)F)cc(NCc2ccno2)n1. The third kappa shape index (κ3) is 2.90. The van der Waals surface area contributed by atoms with Gasteiger partial charge in [0, 0.05) is 6.07 Å². The Hall–Kier alpha value is -2.25. The molecule has 5 nitrogen and oxygen atoms in total. The van der Waals surface area contributed by atoms with Crippen LogP contribution in [0.1, 0.15) is 11.3 Å². The van der Waals surface area contributed by atoms with E-state index in [4.69, 9.17) is 10.3 Å². The molecule has 2 aromatic rings. The van der Waals surface area contributed by atoms with Gasteiger partial charge in [0.15, 0.2) is 5.76 Å². The van der Waals surface area contributed by atoms with E-state index < -0.39 is 11.7 Å². The van der Waals surface area contributed by atoms with Gasteiger partial charge in [0.05, 0.1) is 18.3 Å². The highest BCUT2D eigenvalue weighted by Gasteiger charge is 2.31. The zero-order valence-corrected chi connectivity index (χ0v) is 9.03. The number of rotatable bonds is 3. The fourth-order valence-electron chi connectivity index (χ4n) is 1.32. The normalized spacial score (nSPS) is 11.5. The van der Waals surface area contributed by atoms with Crippen LogP contribution in [0.5, 0.6) is 0 Å². The molecule has 3 N–H and O–H groups in total. The molecule has 0 atom stereocenters. The van der Waals surface area contributed by atoms with Crippen LogP contribution in [0.2, 0.25) is 0 Å². The third-order valence-corrected chi connectivity index (χ3v) is 2.11. The second-order valence-electron chi connectivity index (χ2n) is 3.50. The van der Waals surface area contributed by atoms with Gasteiger partial charge in [-0.1, -0.05) is 5.16 Å². The van der Waals surface area contributed by atoms with E-state index in [1.807, 2.05) is 0 Å². The topological polar surface area (TPSA) is 77.0 Å². The summed E-state index contributed by atoms with van der Waals surface area (Å²) in [5.74, 6) is 0.302. The molecule has 2 aromatic heterocycles. The van der Waals surface area contributed by atoms with Crippen molar-refractivity contribution >= 4 is 11.6 Å². The molecular weight excluding hydrogens is 249 g/mol. The molecule has 0 unspecified atom stereocenters. The Morgan fingerprint density at radius 2 is 2.11 bits per heavy atom. The van der Waals surface area contributed by atoms with Crippen molar-refractivity contribution in [1.82, 2.24) is 10.1 Å². The van der Waals surface area contributed by atoms with Crippen LogP contribution in [0.15, 0.2) is 28.9 Å². The quantitative estimate of drug-likeness (QED) is 0.883. The minimum Gasteiger partial charge on any atom is -0.384 e. The van der Waals surface area contributed by atoms with E-state index >= 15 is 0 Å². The summed E-state index contributed by atoms with van der Waals surface area (Å²) in [4.78, 5) is 3.75. The second-order valence-corrected chi connectivity index (χ2v) is 3.50. The maximum Gasteiger partial charge on any atom is 0.416 e. The van der Waals surface area contributed by atoms with Crippen LogP contribution in [0.3, 0.4) is 0 Å². The first-order chi connectivity index (χ1) is 8.45. The number of hydrogen-bond donors (Lipinski definition) is 2. The Balaban J connectivity index is 2.15. The van der Waals surface area contributed by atoms with Gasteiger partial charge in [0.1, 0.15) is 11.6 Å². The second kappa shape index (κ2) is 4.55. The predicted octanol–water partition coefficient (Wildman–Crippen LogP) is 2.28. The van der Waals surface area contributed by atoms with Crippen molar-refractivity contribution in [3.63, 3.8) is 0 Å². The molecule has 0 aliphatic carbocycles. The maximum atomic E-state index is 12.5. The molecule has 0 aromatic carbocycles. The van der Waals surface area contributed by atoms with Crippen LogP contribution in [0.4, 0.5) is 24.8 Å². The van der Waals surface area contributed by atoms with E-state index in [9.17, 15) is 13.2 Å². The number of nitrogens with zero attached hydrogens (tertiary/aromatic N) is 2. The van der Waals surface area contributed by atoms with Gasteiger partial charge in [-0.3, -0.25) is 0 Å². The zero-order valence-electron chi connectivity index (χ0n) is 9.03. The average Bonchev–Trinajstić information content (AvgIpc) is 2.77. The predicted molar refractivity (Wildman–Crippen MR) is 57.5 cm³/mol.